The molecule has 6 rings (SSSR count). The van der Waals surface area contributed by atoms with Crippen LogP contribution in [0.1, 0.15) is 0 Å². The Labute approximate surface area is 310 Å². The molecular formula is C40H30AsCrO7P. The van der Waals surface area contributed by atoms with E-state index in [0.717, 1.165) is 0 Å². The van der Waals surface area contributed by atoms with Gasteiger partial charge in [-0.1, -0.05) is 54.6 Å². The Morgan fingerprint density at radius 2 is 0.500 bits per heavy atom. The van der Waals surface area contributed by atoms with Crippen molar-refractivity contribution in [2.75, 3.05) is 0 Å². The second kappa shape index (κ2) is 30.3. The summed E-state index contributed by atoms with van der Waals surface area (Å²) in [6.45, 7) is 18.0. The summed E-state index contributed by atoms with van der Waals surface area (Å²) in [4.78, 5) is 0. The number of hydrogen-bond acceptors (Lipinski definition) is 3. The molecule has 6 aromatic carbocycles. The van der Waals surface area contributed by atoms with Crippen LogP contribution in [0.25, 0.3) is 0 Å². The van der Waals surface area contributed by atoms with E-state index in [0.29, 0.717) is 17.2 Å². The fourth-order valence-corrected chi connectivity index (χ4v) is 9.77. The van der Waals surface area contributed by atoms with Gasteiger partial charge in [-0.2, -0.15) is 0 Å². The van der Waals surface area contributed by atoms with Gasteiger partial charge in [0.15, 0.2) is 0 Å². The molecule has 0 aromatic heterocycles. The van der Waals surface area contributed by atoms with Gasteiger partial charge in [0.25, 0.3) is 0 Å². The van der Waals surface area contributed by atoms with E-state index >= 15 is 0 Å². The number of para-hydroxylation sites is 3. The minimum atomic E-state index is -1.59. The molecule has 0 atom stereocenters. The quantitative estimate of drug-likeness (QED) is 0.0657. The van der Waals surface area contributed by atoms with Gasteiger partial charge in [-0.15, -0.1) is 0 Å². The maximum absolute atomic E-state index is 7.50. The Morgan fingerprint density at radius 1 is 0.320 bits per heavy atom. The van der Waals surface area contributed by atoms with Crippen LogP contribution < -0.4 is 26.6 Å². The fourth-order valence-electron chi connectivity index (χ4n) is 3.94. The van der Waals surface area contributed by atoms with E-state index in [1.165, 1.54) is 13.1 Å². The number of rotatable bonds is 9. The first-order valence-electron chi connectivity index (χ1n) is 14.1. The minimum absolute atomic E-state index is 0. The van der Waals surface area contributed by atoms with Gasteiger partial charge in [0.2, 0.25) is 0 Å². The molecule has 50 heavy (non-hydrogen) atoms. The van der Waals surface area contributed by atoms with Crippen LogP contribution in [-0.4, -0.2) is 14.7 Å². The molecule has 7 nitrogen and oxygen atoms in total. The van der Waals surface area contributed by atoms with Crippen molar-refractivity contribution in [2.24, 2.45) is 0 Å². The van der Waals surface area contributed by atoms with Crippen molar-refractivity contribution in [2.45, 2.75) is 0 Å². The molecule has 248 valence electrons. The maximum atomic E-state index is 7.50. The van der Waals surface area contributed by atoms with Gasteiger partial charge in [-0.05, 0) is 36.4 Å². The van der Waals surface area contributed by atoms with E-state index in [9.17, 15) is 0 Å². The molecule has 0 amide bonds. The Balaban J connectivity index is 0.000000793. The average Bonchev–Trinajstić information content (AvgIpc) is 3.21. The second-order valence-electron chi connectivity index (χ2n) is 8.78. The molecule has 0 radical (unpaired) electrons. The first kappa shape index (κ1) is 45.2. The molecular weight excluding hydrogens is 750 g/mol. The molecule has 0 saturated heterocycles. The molecule has 0 N–H and O–H groups in total. The third kappa shape index (κ3) is 17.0. The van der Waals surface area contributed by atoms with Crippen LogP contribution in [-0.2, 0) is 36.0 Å². The van der Waals surface area contributed by atoms with Crippen molar-refractivity contribution in [1.29, 1.82) is 0 Å². The first-order valence-corrected chi connectivity index (χ1v) is 18.0. The van der Waals surface area contributed by atoms with Crippen LogP contribution in [0.5, 0.6) is 17.2 Å². The molecule has 0 bridgehead atoms. The normalized spacial score (nSPS) is 8.68. The molecule has 0 aliphatic rings. The van der Waals surface area contributed by atoms with Gasteiger partial charge in [-0.25, -0.2) is 0 Å². The van der Waals surface area contributed by atoms with Crippen molar-refractivity contribution in [3.63, 3.8) is 0 Å². The summed E-state index contributed by atoms with van der Waals surface area (Å²) in [5, 5.41) is 0. The summed E-state index contributed by atoms with van der Waals surface area (Å²) in [5.41, 5.74) is 0. The van der Waals surface area contributed by atoms with E-state index in [2.05, 4.69) is 118 Å². The fraction of sp³-hybridized carbons (Fsp3) is 0. The predicted molar refractivity (Wildman–Crippen MR) is 188 cm³/mol. The summed E-state index contributed by atoms with van der Waals surface area (Å²) < 4.78 is 52.0. The monoisotopic (exact) mass is 780 g/mol. The Kier molecular flexibility index (Phi) is 27.4. The molecule has 10 heteroatoms. The van der Waals surface area contributed by atoms with Gasteiger partial charge in [0, 0.05) is 17.4 Å². The number of hydrogen-bond donors (Lipinski definition) is 0. The van der Waals surface area contributed by atoms with E-state index in [-0.39, 0.29) is 17.4 Å². The van der Waals surface area contributed by atoms with E-state index in [4.69, 9.17) is 32.2 Å². The van der Waals surface area contributed by atoms with Crippen LogP contribution in [0.2, 0.25) is 0 Å². The van der Waals surface area contributed by atoms with Crippen molar-refractivity contribution < 1.29 is 49.5 Å². The summed E-state index contributed by atoms with van der Waals surface area (Å²) in [5.74, 6) is 2.13. The van der Waals surface area contributed by atoms with Crippen LogP contribution in [0.15, 0.2) is 182 Å². The van der Waals surface area contributed by atoms with Crippen molar-refractivity contribution in [3.8, 4) is 17.2 Å². The zero-order valence-corrected chi connectivity index (χ0v) is 30.5. The third-order valence-electron chi connectivity index (χ3n) is 5.81. The molecule has 0 unspecified atom stereocenters. The number of benzene rings is 6. The molecule has 0 fully saturated rings. The average molecular weight is 781 g/mol. The molecule has 0 heterocycles. The molecule has 0 spiro atoms. The van der Waals surface area contributed by atoms with Crippen LogP contribution in [0, 0.1) is 26.6 Å². The van der Waals surface area contributed by atoms with E-state index in [1.807, 2.05) is 91.0 Å². The van der Waals surface area contributed by atoms with Gasteiger partial charge in [0.1, 0.15) is 17.2 Å². The Morgan fingerprint density at radius 3 is 0.700 bits per heavy atom. The second-order valence-corrected chi connectivity index (χ2v) is 14.4. The molecule has 6 aromatic rings. The van der Waals surface area contributed by atoms with Gasteiger partial charge >= 0.3 is 173 Å². The summed E-state index contributed by atoms with van der Waals surface area (Å²) in [6.07, 6.45) is 0. The third-order valence-corrected chi connectivity index (χ3v) is 12.0. The van der Waals surface area contributed by atoms with E-state index < -0.39 is 23.3 Å². The SMILES string of the molecule is [C-]#[O+].[C-]#[O+].[C-]#[O+].[C-]#[O+].[Cr].c1ccc(OP(Oc2ccccc2)Oc2ccccc2)cc1.c1ccc([As](c2ccccc2)c2ccccc2)cc1. The summed E-state index contributed by atoms with van der Waals surface area (Å²) >= 11 is -1.39. The van der Waals surface area contributed by atoms with Gasteiger partial charge in [-0.3, -0.25) is 0 Å². The topological polar surface area (TPSA) is 107 Å². The van der Waals surface area contributed by atoms with Crippen LogP contribution in [0.4, 0.5) is 0 Å². The van der Waals surface area contributed by atoms with Crippen LogP contribution in [0.3, 0.4) is 0 Å². The molecule has 0 saturated carbocycles. The molecule has 0 aliphatic heterocycles. The summed E-state index contributed by atoms with van der Waals surface area (Å²) in [7, 11) is -1.59. The zero-order valence-electron chi connectivity index (χ0n) is 26.5. The van der Waals surface area contributed by atoms with Crippen LogP contribution >= 0.6 is 8.60 Å². The van der Waals surface area contributed by atoms with Gasteiger partial charge in [0.05, 0.1) is 0 Å². The van der Waals surface area contributed by atoms with Crippen molar-refractivity contribution in [3.05, 3.63) is 209 Å². The van der Waals surface area contributed by atoms with Gasteiger partial charge < -0.3 is 13.6 Å². The van der Waals surface area contributed by atoms with E-state index in [1.54, 1.807) is 0 Å². The van der Waals surface area contributed by atoms with Crippen molar-refractivity contribution in [1.82, 2.24) is 0 Å². The predicted octanol–water partition coefficient (Wildman–Crippen LogP) is 7.50. The summed E-state index contributed by atoms with van der Waals surface area (Å²) in [6, 6.07) is 61.2. The zero-order chi connectivity index (χ0) is 36.0. The molecule has 0 aliphatic carbocycles. The Bertz CT molecular complexity index is 1530. The first-order chi connectivity index (χ1) is 24.3. The Hall–Kier alpha value is -4.80. The van der Waals surface area contributed by atoms with Crippen molar-refractivity contribution >= 4 is 36.3 Å². The standard InChI is InChI=1S/C18H15As.C18H15O3P.4CO.Cr/c1-4-10-16(11-5-1)19(17-12-6-2-7-13-17)18-14-8-3-9-15-18;1-4-10-16(11-5-1)19-22(20-17-12-6-2-7-13-17)21-18-14-8-3-9-15-18;4*1-2;/h1-15H;1-15H;;;;;.